The minimum absolute atomic E-state index is 0.511. The summed E-state index contributed by atoms with van der Waals surface area (Å²) < 4.78 is 4.13. The van der Waals surface area contributed by atoms with Gasteiger partial charge in [-0.25, -0.2) is 9.97 Å². The Balaban J connectivity index is 2.25. The van der Waals surface area contributed by atoms with Crippen LogP contribution in [0.5, 0.6) is 0 Å². The lowest BCUT2D eigenvalue weighted by molar-refractivity contribution is 1.01. The molecule has 0 bridgehead atoms. The van der Waals surface area contributed by atoms with Crippen LogP contribution in [0.4, 0.5) is 17.7 Å². The molecule has 0 fully saturated rings. The maximum atomic E-state index is 4.40. The van der Waals surface area contributed by atoms with E-state index in [9.17, 15) is 0 Å². The van der Waals surface area contributed by atoms with E-state index in [4.69, 9.17) is 0 Å². The van der Waals surface area contributed by atoms with E-state index in [1.165, 1.54) is 11.5 Å². The number of nitrogens with one attached hydrogen (secondary N) is 1. The van der Waals surface area contributed by atoms with Gasteiger partial charge in [0.1, 0.15) is 10.8 Å². The first kappa shape index (κ1) is 11.7. The minimum atomic E-state index is 0.511. The van der Waals surface area contributed by atoms with Gasteiger partial charge in [-0.15, -0.1) is 0 Å². The monoisotopic (exact) mass is 250 g/mol. The molecule has 17 heavy (non-hydrogen) atoms. The Morgan fingerprint density at radius 3 is 2.53 bits per heavy atom. The zero-order valence-corrected chi connectivity index (χ0v) is 11.0. The standard InChI is InChI=1S/C10H14N6S/c1-6-5-11-9(13-8(6)16(3)4)14-10-12-7(2)17-15-10/h5H,1-4H3,(H,11,13,14,15). The van der Waals surface area contributed by atoms with E-state index in [0.717, 1.165) is 16.4 Å². The van der Waals surface area contributed by atoms with Gasteiger partial charge in [-0.3, -0.25) is 5.32 Å². The van der Waals surface area contributed by atoms with Gasteiger partial charge >= 0.3 is 0 Å². The van der Waals surface area contributed by atoms with E-state index in [0.29, 0.717) is 11.9 Å². The Morgan fingerprint density at radius 1 is 1.18 bits per heavy atom. The minimum Gasteiger partial charge on any atom is -0.362 e. The van der Waals surface area contributed by atoms with E-state index in [-0.39, 0.29) is 0 Å². The van der Waals surface area contributed by atoms with Crippen molar-refractivity contribution in [2.45, 2.75) is 13.8 Å². The van der Waals surface area contributed by atoms with Gasteiger partial charge in [0.25, 0.3) is 0 Å². The first-order valence-electron chi connectivity index (χ1n) is 5.14. The summed E-state index contributed by atoms with van der Waals surface area (Å²) in [6, 6.07) is 0. The molecule has 2 rings (SSSR count). The maximum absolute atomic E-state index is 4.40. The lowest BCUT2D eigenvalue weighted by atomic mass is 10.3. The largest absolute Gasteiger partial charge is 0.362 e. The Hall–Kier alpha value is -1.76. The zero-order valence-electron chi connectivity index (χ0n) is 10.2. The fraction of sp³-hybridized carbons (Fsp3) is 0.400. The van der Waals surface area contributed by atoms with Gasteiger partial charge in [0, 0.05) is 25.9 Å². The van der Waals surface area contributed by atoms with E-state index in [2.05, 4.69) is 24.6 Å². The second-order valence-corrected chi connectivity index (χ2v) is 4.81. The zero-order chi connectivity index (χ0) is 12.4. The van der Waals surface area contributed by atoms with Crippen LogP contribution in [0.15, 0.2) is 6.20 Å². The predicted molar refractivity (Wildman–Crippen MR) is 69.0 cm³/mol. The summed E-state index contributed by atoms with van der Waals surface area (Å²) in [7, 11) is 3.90. The highest BCUT2D eigenvalue weighted by Crippen LogP contribution is 2.17. The molecule has 0 radical (unpaired) electrons. The van der Waals surface area contributed by atoms with Crippen LogP contribution in [-0.4, -0.2) is 33.4 Å². The molecule has 6 nitrogen and oxygen atoms in total. The first-order valence-corrected chi connectivity index (χ1v) is 5.92. The van der Waals surface area contributed by atoms with Gasteiger partial charge in [0.2, 0.25) is 11.9 Å². The van der Waals surface area contributed by atoms with Gasteiger partial charge in [0.15, 0.2) is 0 Å². The van der Waals surface area contributed by atoms with Crippen molar-refractivity contribution in [1.29, 1.82) is 0 Å². The summed E-state index contributed by atoms with van der Waals surface area (Å²) in [6.07, 6.45) is 1.78. The summed E-state index contributed by atoms with van der Waals surface area (Å²) in [5.74, 6) is 1.94. The number of aryl methyl sites for hydroxylation is 2. The third-order valence-corrected chi connectivity index (χ3v) is 2.74. The molecule has 2 aromatic rings. The third kappa shape index (κ3) is 2.68. The highest BCUT2D eigenvalue weighted by Gasteiger charge is 2.07. The Morgan fingerprint density at radius 2 is 1.94 bits per heavy atom. The molecule has 0 unspecified atom stereocenters. The van der Waals surface area contributed by atoms with Crippen LogP contribution in [0.1, 0.15) is 10.6 Å². The SMILES string of the molecule is Cc1nc(Nc2ncc(C)c(N(C)C)n2)ns1. The molecular weight excluding hydrogens is 236 g/mol. The van der Waals surface area contributed by atoms with Crippen molar-refractivity contribution in [1.82, 2.24) is 19.3 Å². The predicted octanol–water partition coefficient (Wildman–Crippen LogP) is 1.75. The number of hydrogen-bond donors (Lipinski definition) is 1. The van der Waals surface area contributed by atoms with Crippen molar-refractivity contribution >= 4 is 29.2 Å². The third-order valence-electron chi connectivity index (χ3n) is 2.12. The van der Waals surface area contributed by atoms with E-state index < -0.39 is 0 Å². The van der Waals surface area contributed by atoms with E-state index >= 15 is 0 Å². The van der Waals surface area contributed by atoms with Crippen molar-refractivity contribution < 1.29 is 0 Å². The summed E-state index contributed by atoms with van der Waals surface area (Å²) >= 11 is 1.35. The van der Waals surface area contributed by atoms with E-state index in [1.807, 2.05) is 32.8 Å². The first-order chi connectivity index (χ1) is 8.06. The topological polar surface area (TPSA) is 66.8 Å². The molecule has 0 aromatic carbocycles. The molecule has 0 aliphatic rings. The highest BCUT2D eigenvalue weighted by molar-refractivity contribution is 7.05. The molecule has 0 aliphatic carbocycles. The molecule has 2 heterocycles. The molecule has 90 valence electrons. The lowest BCUT2D eigenvalue weighted by Crippen LogP contribution is -2.13. The highest BCUT2D eigenvalue weighted by atomic mass is 32.1. The van der Waals surface area contributed by atoms with Crippen LogP contribution < -0.4 is 10.2 Å². The average Bonchev–Trinajstić information content (AvgIpc) is 2.66. The molecule has 0 amide bonds. The summed E-state index contributed by atoms with van der Waals surface area (Å²) in [5.41, 5.74) is 1.03. The number of hydrogen-bond acceptors (Lipinski definition) is 7. The number of anilines is 3. The molecule has 2 aromatic heterocycles. The Labute approximate surface area is 104 Å². The second-order valence-electron chi connectivity index (χ2n) is 3.86. The molecule has 7 heteroatoms. The van der Waals surface area contributed by atoms with Crippen LogP contribution in [-0.2, 0) is 0 Å². The lowest BCUT2D eigenvalue weighted by Gasteiger charge is -2.14. The molecule has 1 N–H and O–H groups in total. The fourth-order valence-electron chi connectivity index (χ4n) is 1.40. The van der Waals surface area contributed by atoms with Gasteiger partial charge in [0.05, 0.1) is 0 Å². The van der Waals surface area contributed by atoms with Gasteiger partial charge in [-0.1, -0.05) is 0 Å². The Bertz CT molecular complexity index is 521. The van der Waals surface area contributed by atoms with Crippen LogP contribution in [0.3, 0.4) is 0 Å². The number of aromatic nitrogens is 4. The molecule has 0 spiro atoms. The van der Waals surface area contributed by atoms with Crippen LogP contribution in [0.2, 0.25) is 0 Å². The molecule has 0 atom stereocenters. The van der Waals surface area contributed by atoms with Gasteiger partial charge < -0.3 is 4.90 Å². The molecule has 0 saturated heterocycles. The van der Waals surface area contributed by atoms with Crippen LogP contribution in [0, 0.1) is 13.8 Å². The van der Waals surface area contributed by atoms with E-state index in [1.54, 1.807) is 6.20 Å². The van der Waals surface area contributed by atoms with Gasteiger partial charge in [-0.2, -0.15) is 9.36 Å². The average molecular weight is 250 g/mol. The molecule has 0 saturated carbocycles. The summed E-state index contributed by atoms with van der Waals surface area (Å²) in [6.45, 7) is 3.88. The summed E-state index contributed by atoms with van der Waals surface area (Å²) in [4.78, 5) is 14.8. The maximum Gasteiger partial charge on any atom is 0.241 e. The quantitative estimate of drug-likeness (QED) is 0.895. The van der Waals surface area contributed by atoms with Crippen molar-refractivity contribution in [3.05, 3.63) is 16.8 Å². The number of nitrogens with zero attached hydrogens (tertiary/aromatic N) is 5. The summed E-state index contributed by atoms with van der Waals surface area (Å²) in [5, 5.41) is 3.90. The van der Waals surface area contributed by atoms with Crippen LogP contribution in [0.25, 0.3) is 0 Å². The van der Waals surface area contributed by atoms with Crippen molar-refractivity contribution in [2.75, 3.05) is 24.3 Å². The molecule has 0 aliphatic heterocycles. The van der Waals surface area contributed by atoms with Gasteiger partial charge in [-0.05, 0) is 25.4 Å². The van der Waals surface area contributed by atoms with Crippen molar-refractivity contribution in [3.8, 4) is 0 Å². The van der Waals surface area contributed by atoms with Crippen molar-refractivity contribution in [2.24, 2.45) is 0 Å². The smallest absolute Gasteiger partial charge is 0.241 e. The Kier molecular flexibility index (Phi) is 3.19. The van der Waals surface area contributed by atoms with Crippen molar-refractivity contribution in [3.63, 3.8) is 0 Å². The number of rotatable bonds is 3. The van der Waals surface area contributed by atoms with Crippen LogP contribution >= 0.6 is 11.5 Å². The fourth-order valence-corrected chi connectivity index (χ4v) is 1.83. The normalized spacial score (nSPS) is 10.4. The molecular formula is C10H14N6S. The second kappa shape index (κ2) is 4.62.